The quantitative estimate of drug-likeness (QED) is 0.732. The Morgan fingerprint density at radius 2 is 2.00 bits per heavy atom. The van der Waals surface area contributed by atoms with Gasteiger partial charge in [0.15, 0.2) is 11.6 Å². The average molecular weight is 381 g/mol. The summed E-state index contributed by atoms with van der Waals surface area (Å²) >= 11 is 0. The molecule has 2 aromatic carbocycles. The summed E-state index contributed by atoms with van der Waals surface area (Å²) < 4.78 is 24.7. The number of nitrogens with zero attached hydrogens (tertiary/aromatic N) is 1. The first-order chi connectivity index (χ1) is 13.7. The number of rotatable bonds is 4. The maximum atomic E-state index is 14.1. The van der Waals surface area contributed by atoms with Crippen LogP contribution in [0.2, 0.25) is 0 Å². The zero-order valence-corrected chi connectivity index (χ0v) is 15.9. The predicted octanol–water partition coefficient (Wildman–Crippen LogP) is 5.18. The molecule has 2 bridgehead atoms. The van der Waals surface area contributed by atoms with Crippen LogP contribution in [-0.2, 0) is 11.3 Å². The van der Waals surface area contributed by atoms with E-state index in [1.165, 1.54) is 13.2 Å². The minimum atomic E-state index is -0.365. The summed E-state index contributed by atoms with van der Waals surface area (Å²) in [7, 11) is 1.46. The fourth-order valence-corrected chi connectivity index (χ4v) is 4.19. The monoisotopic (exact) mass is 381 g/mol. The highest BCUT2D eigenvalue weighted by Crippen LogP contribution is 2.38. The summed E-state index contributed by atoms with van der Waals surface area (Å²) in [6, 6.07) is 14.8. The Hall–Kier alpha value is -2.82. The van der Waals surface area contributed by atoms with Gasteiger partial charge in [-0.15, -0.1) is 0 Å². The van der Waals surface area contributed by atoms with E-state index >= 15 is 0 Å². The molecule has 4 rings (SSSR count). The Kier molecular flexibility index (Phi) is 5.33. The molecule has 28 heavy (non-hydrogen) atoms. The molecule has 0 radical (unpaired) electrons. The maximum absolute atomic E-state index is 14.1. The summed E-state index contributed by atoms with van der Waals surface area (Å²) in [5.41, 5.74) is 2.92. The lowest BCUT2D eigenvalue weighted by atomic mass is 9.83. The molecule has 2 aromatic rings. The first-order valence-corrected chi connectivity index (χ1v) is 9.69. The third-order valence-electron chi connectivity index (χ3n) is 5.58. The number of methoxy groups -OCH3 is 1. The van der Waals surface area contributed by atoms with Crippen LogP contribution in [0.25, 0.3) is 5.57 Å². The van der Waals surface area contributed by atoms with E-state index in [1.807, 2.05) is 41.3 Å². The van der Waals surface area contributed by atoms with Crippen molar-refractivity contribution in [1.82, 2.24) is 4.90 Å². The van der Waals surface area contributed by atoms with Gasteiger partial charge in [-0.1, -0.05) is 42.5 Å². The molecule has 1 fully saturated rings. The van der Waals surface area contributed by atoms with Crippen LogP contribution in [-0.4, -0.2) is 30.2 Å². The molecular weight excluding hydrogens is 357 g/mol. The molecule has 0 aromatic heterocycles. The van der Waals surface area contributed by atoms with Gasteiger partial charge in [-0.3, -0.25) is 4.90 Å². The summed E-state index contributed by atoms with van der Waals surface area (Å²) in [6.07, 6.45) is 5.46. The zero-order valence-electron chi connectivity index (χ0n) is 15.9. The van der Waals surface area contributed by atoms with E-state index in [0.29, 0.717) is 6.42 Å². The molecule has 2 unspecified atom stereocenters. The van der Waals surface area contributed by atoms with E-state index in [0.717, 1.165) is 36.0 Å². The van der Waals surface area contributed by atoms with Crippen molar-refractivity contribution in [3.05, 3.63) is 71.6 Å². The van der Waals surface area contributed by atoms with Gasteiger partial charge in [0.1, 0.15) is 6.61 Å². The number of hydrogen-bond acceptors (Lipinski definition) is 3. The van der Waals surface area contributed by atoms with Gasteiger partial charge in [0.25, 0.3) is 0 Å². The lowest BCUT2D eigenvalue weighted by Crippen LogP contribution is -2.51. The van der Waals surface area contributed by atoms with Crippen LogP contribution in [0.5, 0.6) is 5.75 Å². The van der Waals surface area contributed by atoms with Gasteiger partial charge in [-0.25, -0.2) is 9.18 Å². The molecule has 0 saturated carbocycles. The van der Waals surface area contributed by atoms with Crippen LogP contribution >= 0.6 is 0 Å². The van der Waals surface area contributed by atoms with E-state index in [1.54, 1.807) is 6.07 Å². The molecule has 0 N–H and O–H groups in total. The standard InChI is InChI=1S/C23H24FNO3/c1-27-22-11-10-17(14-21(22)24)18-12-19-8-5-9-20(13-18)25(19)23(26)28-15-16-6-3-2-4-7-16/h2-4,6-7,10-12,14,19-20H,5,8-9,13,15H2,1H3. The lowest BCUT2D eigenvalue weighted by Gasteiger charge is -2.44. The second kappa shape index (κ2) is 8.05. The van der Waals surface area contributed by atoms with Gasteiger partial charge in [0.05, 0.1) is 13.2 Å². The van der Waals surface area contributed by atoms with Crippen LogP contribution in [0, 0.1) is 5.82 Å². The van der Waals surface area contributed by atoms with Gasteiger partial charge in [-0.2, -0.15) is 0 Å². The van der Waals surface area contributed by atoms with Gasteiger partial charge in [0.2, 0.25) is 0 Å². The molecular formula is C23H24FNO3. The Morgan fingerprint density at radius 1 is 1.18 bits per heavy atom. The highest BCUT2D eigenvalue weighted by atomic mass is 19.1. The highest BCUT2D eigenvalue weighted by Gasteiger charge is 2.38. The molecule has 2 aliphatic heterocycles. The Labute approximate surface area is 164 Å². The van der Waals surface area contributed by atoms with Crippen LogP contribution in [0.1, 0.15) is 36.8 Å². The minimum absolute atomic E-state index is 0.00376. The molecule has 0 aliphatic carbocycles. The zero-order chi connectivity index (χ0) is 19.5. The molecule has 0 spiro atoms. The molecule has 2 atom stereocenters. The number of fused-ring (bicyclic) bond motifs is 2. The third-order valence-corrected chi connectivity index (χ3v) is 5.58. The number of amides is 1. The minimum Gasteiger partial charge on any atom is -0.494 e. The number of piperidine rings is 1. The maximum Gasteiger partial charge on any atom is 0.410 e. The second-order valence-electron chi connectivity index (χ2n) is 7.34. The Balaban J connectivity index is 1.51. The number of hydrogen-bond donors (Lipinski definition) is 0. The largest absolute Gasteiger partial charge is 0.494 e. The van der Waals surface area contributed by atoms with Crippen LogP contribution in [0.15, 0.2) is 54.6 Å². The van der Waals surface area contributed by atoms with Gasteiger partial charge in [0, 0.05) is 6.04 Å². The SMILES string of the molecule is COc1ccc(C2=CC3CCCC(C2)N3C(=O)OCc2ccccc2)cc1F. The number of halogens is 1. The molecule has 5 heteroatoms. The van der Waals surface area contributed by atoms with E-state index in [2.05, 4.69) is 6.08 Å². The molecule has 2 heterocycles. The highest BCUT2D eigenvalue weighted by molar-refractivity contribution is 5.74. The first kappa shape index (κ1) is 18.5. The van der Waals surface area contributed by atoms with Crippen LogP contribution < -0.4 is 4.74 Å². The number of benzene rings is 2. The summed E-state index contributed by atoms with van der Waals surface area (Å²) in [5, 5.41) is 0. The van der Waals surface area contributed by atoms with E-state index in [-0.39, 0.29) is 36.4 Å². The van der Waals surface area contributed by atoms with Crippen molar-refractivity contribution in [2.45, 2.75) is 44.4 Å². The van der Waals surface area contributed by atoms with Crippen molar-refractivity contribution in [3.8, 4) is 5.75 Å². The number of carbonyl (C=O) groups excluding carboxylic acids is 1. The van der Waals surface area contributed by atoms with Crippen molar-refractivity contribution < 1.29 is 18.7 Å². The van der Waals surface area contributed by atoms with Crippen molar-refractivity contribution >= 4 is 11.7 Å². The topological polar surface area (TPSA) is 38.8 Å². The summed E-state index contributed by atoms with van der Waals surface area (Å²) in [4.78, 5) is 14.6. The van der Waals surface area contributed by atoms with Crippen molar-refractivity contribution in [2.75, 3.05) is 7.11 Å². The summed E-state index contributed by atoms with van der Waals surface area (Å²) in [5.74, 6) is -0.123. The Bertz CT molecular complexity index is 881. The molecule has 2 aliphatic rings. The first-order valence-electron chi connectivity index (χ1n) is 9.69. The molecule has 1 amide bonds. The number of ether oxygens (including phenoxy) is 2. The molecule has 1 saturated heterocycles. The van der Waals surface area contributed by atoms with Gasteiger partial charge < -0.3 is 9.47 Å². The predicted molar refractivity (Wildman–Crippen MR) is 105 cm³/mol. The van der Waals surface area contributed by atoms with E-state index in [9.17, 15) is 9.18 Å². The van der Waals surface area contributed by atoms with E-state index in [4.69, 9.17) is 9.47 Å². The number of carbonyl (C=O) groups is 1. The average Bonchev–Trinajstić information content (AvgIpc) is 2.71. The molecule has 4 nitrogen and oxygen atoms in total. The fraction of sp³-hybridized carbons (Fsp3) is 0.348. The normalized spacial score (nSPS) is 21.1. The van der Waals surface area contributed by atoms with Crippen molar-refractivity contribution in [2.24, 2.45) is 0 Å². The van der Waals surface area contributed by atoms with Crippen molar-refractivity contribution in [3.63, 3.8) is 0 Å². The van der Waals surface area contributed by atoms with Gasteiger partial charge >= 0.3 is 6.09 Å². The third kappa shape index (κ3) is 3.75. The lowest BCUT2D eigenvalue weighted by molar-refractivity contribution is 0.0510. The van der Waals surface area contributed by atoms with Crippen LogP contribution in [0.4, 0.5) is 9.18 Å². The Morgan fingerprint density at radius 3 is 2.71 bits per heavy atom. The van der Waals surface area contributed by atoms with E-state index < -0.39 is 0 Å². The van der Waals surface area contributed by atoms with Gasteiger partial charge in [-0.05, 0) is 54.5 Å². The fourth-order valence-electron chi connectivity index (χ4n) is 4.19. The summed E-state index contributed by atoms with van der Waals surface area (Å²) in [6.45, 7) is 0.274. The molecule has 146 valence electrons. The smallest absolute Gasteiger partial charge is 0.410 e. The van der Waals surface area contributed by atoms with Crippen LogP contribution in [0.3, 0.4) is 0 Å². The second-order valence-corrected chi connectivity index (χ2v) is 7.34. The van der Waals surface area contributed by atoms with Crippen molar-refractivity contribution in [1.29, 1.82) is 0 Å².